The van der Waals surface area contributed by atoms with Crippen LogP contribution < -0.4 is 9.47 Å². The molecule has 2 aromatic heterocycles. The zero-order valence-electron chi connectivity index (χ0n) is 16.4. The zero-order valence-corrected chi connectivity index (χ0v) is 18.0. The molecule has 2 aliphatic heterocycles. The van der Waals surface area contributed by atoms with E-state index in [4.69, 9.17) is 14.0 Å². The van der Waals surface area contributed by atoms with E-state index < -0.39 is 10.0 Å². The Morgan fingerprint density at radius 1 is 1.03 bits per heavy atom. The summed E-state index contributed by atoms with van der Waals surface area (Å²) in [4.78, 5) is 3.01. The minimum atomic E-state index is -3.52. The predicted molar refractivity (Wildman–Crippen MR) is 111 cm³/mol. The van der Waals surface area contributed by atoms with E-state index in [1.807, 2.05) is 25.1 Å². The van der Waals surface area contributed by atoms with Gasteiger partial charge in [-0.3, -0.25) is 4.90 Å². The number of fused-ring (bicyclic) bond motifs is 1. The van der Waals surface area contributed by atoms with Crippen molar-refractivity contribution in [1.82, 2.24) is 14.4 Å². The van der Waals surface area contributed by atoms with Crippen LogP contribution in [0.15, 0.2) is 45.1 Å². The molecule has 0 N–H and O–H groups in total. The number of sulfonamides is 1. The van der Waals surface area contributed by atoms with E-state index in [1.54, 1.807) is 22.5 Å². The summed E-state index contributed by atoms with van der Waals surface area (Å²) in [6, 6.07) is 11.2. The third kappa shape index (κ3) is 3.71. The largest absolute Gasteiger partial charge is 0.454 e. The number of benzene rings is 1. The van der Waals surface area contributed by atoms with Gasteiger partial charge in [0, 0.05) is 38.8 Å². The van der Waals surface area contributed by atoms with Crippen LogP contribution in [0, 0.1) is 6.92 Å². The molecule has 0 atom stereocenters. The highest BCUT2D eigenvalue weighted by atomic mass is 32.2. The Balaban J connectivity index is 1.23. The van der Waals surface area contributed by atoms with Gasteiger partial charge >= 0.3 is 0 Å². The summed E-state index contributed by atoms with van der Waals surface area (Å²) in [7, 11) is -3.52. The third-order valence-electron chi connectivity index (χ3n) is 5.22. The summed E-state index contributed by atoms with van der Waals surface area (Å²) in [6.07, 6.45) is 0. The Labute approximate surface area is 178 Å². The second kappa shape index (κ2) is 7.69. The minimum absolute atomic E-state index is 0.260. The monoisotopic (exact) mass is 447 g/mol. The fourth-order valence-corrected chi connectivity index (χ4v) is 6.45. The van der Waals surface area contributed by atoms with Crippen molar-refractivity contribution in [2.45, 2.75) is 17.7 Å². The molecule has 2 aliphatic rings. The summed E-state index contributed by atoms with van der Waals surface area (Å²) < 4.78 is 44.1. The maximum absolute atomic E-state index is 13.1. The van der Waals surface area contributed by atoms with E-state index >= 15 is 0 Å². The van der Waals surface area contributed by atoms with Crippen molar-refractivity contribution < 1.29 is 22.4 Å². The van der Waals surface area contributed by atoms with Gasteiger partial charge in [-0.15, -0.1) is 11.3 Å². The van der Waals surface area contributed by atoms with Crippen molar-refractivity contribution in [3.05, 3.63) is 47.7 Å². The summed E-state index contributed by atoms with van der Waals surface area (Å²) in [5.74, 6) is 2.13. The third-order valence-corrected chi connectivity index (χ3v) is 8.69. The molecule has 4 heterocycles. The van der Waals surface area contributed by atoms with Gasteiger partial charge < -0.3 is 14.0 Å². The average molecular weight is 448 g/mol. The summed E-state index contributed by atoms with van der Waals surface area (Å²) >= 11 is 1.21. The maximum Gasteiger partial charge on any atom is 0.252 e. The molecule has 158 valence electrons. The van der Waals surface area contributed by atoms with Crippen LogP contribution in [0.3, 0.4) is 0 Å². The number of ether oxygens (including phenoxy) is 2. The molecule has 1 aromatic carbocycles. The summed E-state index contributed by atoms with van der Waals surface area (Å²) in [5, 5.41) is 3.87. The van der Waals surface area contributed by atoms with Crippen LogP contribution in [0.2, 0.25) is 0 Å². The first-order valence-corrected chi connectivity index (χ1v) is 11.9. The zero-order chi connectivity index (χ0) is 20.7. The number of thiophene rings is 1. The highest BCUT2D eigenvalue weighted by Crippen LogP contribution is 2.34. The summed E-state index contributed by atoms with van der Waals surface area (Å²) in [6.45, 7) is 5.11. The lowest BCUT2D eigenvalue weighted by atomic mass is 10.2. The number of rotatable bonds is 5. The maximum atomic E-state index is 13.1. The molecule has 0 radical (unpaired) electrons. The smallest absolute Gasteiger partial charge is 0.252 e. The molecular weight excluding hydrogens is 426 g/mol. The molecule has 0 amide bonds. The molecule has 30 heavy (non-hydrogen) atoms. The van der Waals surface area contributed by atoms with Gasteiger partial charge in [0.25, 0.3) is 10.0 Å². The Kier molecular flexibility index (Phi) is 5.02. The summed E-state index contributed by atoms with van der Waals surface area (Å²) in [5.41, 5.74) is 1.89. The van der Waals surface area contributed by atoms with Gasteiger partial charge in [0.15, 0.2) is 17.3 Å². The van der Waals surface area contributed by atoms with Crippen LogP contribution in [-0.4, -0.2) is 55.8 Å². The Hall–Kier alpha value is -2.40. The Bertz CT molecular complexity index is 1160. The number of hydrogen-bond donors (Lipinski definition) is 0. The van der Waals surface area contributed by atoms with E-state index in [0.29, 0.717) is 36.1 Å². The van der Waals surface area contributed by atoms with Crippen molar-refractivity contribution in [3.63, 3.8) is 0 Å². The lowest BCUT2D eigenvalue weighted by molar-refractivity contribution is 0.173. The standard InChI is InChI=1S/C20H21N3O5S2/c1-14-10-18(28-21-14)19-4-5-20(29-19)30(24,25)23-8-6-22(7-9-23)12-15-2-3-16-17(11-15)27-13-26-16/h2-5,10-11H,6-9,12-13H2,1H3. The van der Waals surface area contributed by atoms with Crippen LogP contribution >= 0.6 is 11.3 Å². The van der Waals surface area contributed by atoms with Gasteiger partial charge in [-0.1, -0.05) is 11.2 Å². The number of piperazine rings is 1. The fraction of sp³-hybridized carbons (Fsp3) is 0.350. The van der Waals surface area contributed by atoms with Crippen molar-refractivity contribution in [2.24, 2.45) is 0 Å². The molecule has 0 saturated carbocycles. The van der Waals surface area contributed by atoms with Gasteiger partial charge in [-0.05, 0) is 36.8 Å². The van der Waals surface area contributed by atoms with Crippen LogP contribution in [0.4, 0.5) is 0 Å². The second-order valence-corrected chi connectivity index (χ2v) is 10.6. The SMILES string of the molecule is Cc1cc(-c2ccc(S(=O)(=O)N3CCN(Cc4ccc5c(c4)OCO5)CC3)s2)on1. The van der Waals surface area contributed by atoms with Gasteiger partial charge in [0.1, 0.15) is 4.21 Å². The van der Waals surface area contributed by atoms with Crippen molar-refractivity contribution in [1.29, 1.82) is 0 Å². The topological polar surface area (TPSA) is 85.1 Å². The lowest BCUT2D eigenvalue weighted by Gasteiger charge is -2.33. The molecule has 8 nitrogen and oxygen atoms in total. The normalized spacial score (nSPS) is 17.5. The van der Waals surface area contributed by atoms with Crippen LogP contribution in [0.1, 0.15) is 11.3 Å². The number of aryl methyl sites for hydroxylation is 1. The van der Waals surface area contributed by atoms with E-state index in [0.717, 1.165) is 34.2 Å². The van der Waals surface area contributed by atoms with Crippen molar-refractivity contribution in [2.75, 3.05) is 33.0 Å². The molecule has 0 bridgehead atoms. The highest BCUT2D eigenvalue weighted by Gasteiger charge is 2.30. The second-order valence-electron chi connectivity index (χ2n) is 7.32. The van der Waals surface area contributed by atoms with Crippen LogP contribution in [-0.2, 0) is 16.6 Å². The Morgan fingerprint density at radius 2 is 1.83 bits per heavy atom. The van der Waals surface area contributed by atoms with Gasteiger partial charge in [-0.25, -0.2) is 8.42 Å². The quantitative estimate of drug-likeness (QED) is 0.594. The molecule has 3 aromatic rings. The number of aromatic nitrogens is 1. The molecule has 10 heteroatoms. The average Bonchev–Trinajstić information content (AvgIpc) is 3.48. The molecule has 0 unspecified atom stereocenters. The first-order valence-electron chi connectivity index (χ1n) is 9.63. The molecule has 0 spiro atoms. The molecular formula is C20H21N3O5S2. The lowest BCUT2D eigenvalue weighted by Crippen LogP contribution is -2.48. The van der Waals surface area contributed by atoms with E-state index in [2.05, 4.69) is 10.1 Å². The molecule has 1 saturated heterocycles. The predicted octanol–water partition coefficient (Wildman–Crippen LogP) is 2.95. The van der Waals surface area contributed by atoms with E-state index in [1.165, 1.54) is 11.3 Å². The van der Waals surface area contributed by atoms with Crippen molar-refractivity contribution >= 4 is 21.4 Å². The molecule has 0 aliphatic carbocycles. The van der Waals surface area contributed by atoms with E-state index in [-0.39, 0.29) is 6.79 Å². The van der Waals surface area contributed by atoms with Gasteiger partial charge in [-0.2, -0.15) is 4.31 Å². The fourth-order valence-electron chi connectivity index (χ4n) is 3.62. The van der Waals surface area contributed by atoms with E-state index in [9.17, 15) is 8.42 Å². The minimum Gasteiger partial charge on any atom is -0.454 e. The Morgan fingerprint density at radius 3 is 2.60 bits per heavy atom. The van der Waals surface area contributed by atoms with Crippen molar-refractivity contribution in [3.8, 4) is 22.1 Å². The first-order chi connectivity index (χ1) is 14.5. The molecule has 1 fully saturated rings. The number of nitrogens with zero attached hydrogens (tertiary/aromatic N) is 3. The molecule has 5 rings (SSSR count). The first kappa shape index (κ1) is 19.6. The number of hydrogen-bond acceptors (Lipinski definition) is 8. The van der Waals surface area contributed by atoms with Crippen LogP contribution in [0.5, 0.6) is 11.5 Å². The van der Waals surface area contributed by atoms with Gasteiger partial charge in [0.2, 0.25) is 6.79 Å². The highest BCUT2D eigenvalue weighted by molar-refractivity contribution is 7.91. The van der Waals surface area contributed by atoms with Crippen LogP contribution in [0.25, 0.3) is 10.6 Å². The van der Waals surface area contributed by atoms with Gasteiger partial charge in [0.05, 0.1) is 10.6 Å².